The number of rotatable bonds is 4. The molecule has 0 saturated carbocycles. The monoisotopic (exact) mass is 277 g/mol. The summed E-state index contributed by atoms with van der Waals surface area (Å²) in [6.07, 6.45) is -0.600. The summed E-state index contributed by atoms with van der Waals surface area (Å²) in [5.74, 6) is -1.62. The number of carbonyl (C=O) groups is 3. The minimum Gasteiger partial charge on any atom is -0.496 e. The van der Waals surface area contributed by atoms with E-state index in [-0.39, 0.29) is 12.3 Å². The molecule has 20 heavy (non-hydrogen) atoms. The third kappa shape index (κ3) is 2.03. The molecule has 0 spiro atoms. The zero-order valence-electron chi connectivity index (χ0n) is 11.3. The van der Waals surface area contributed by atoms with Gasteiger partial charge in [-0.25, -0.2) is 0 Å². The van der Waals surface area contributed by atoms with Gasteiger partial charge in [-0.15, -0.1) is 0 Å². The van der Waals surface area contributed by atoms with Crippen LogP contribution in [-0.2, 0) is 19.8 Å². The fraction of sp³-hybridized carbons (Fsp3) is 0.357. The van der Waals surface area contributed by atoms with Crippen molar-refractivity contribution in [3.63, 3.8) is 0 Å². The highest BCUT2D eigenvalue weighted by atomic mass is 16.5. The average molecular weight is 277 g/mol. The van der Waals surface area contributed by atoms with E-state index >= 15 is 0 Å². The molecular formula is C14H15NO5. The van der Waals surface area contributed by atoms with E-state index in [0.29, 0.717) is 11.3 Å². The van der Waals surface area contributed by atoms with Crippen LogP contribution in [-0.4, -0.2) is 41.9 Å². The molecule has 0 radical (unpaired) electrons. The number of carboxylic acid groups (broad SMARTS) is 1. The van der Waals surface area contributed by atoms with Crippen LogP contribution in [0.1, 0.15) is 18.4 Å². The second-order valence-electron chi connectivity index (χ2n) is 4.79. The summed E-state index contributed by atoms with van der Waals surface area (Å²) in [4.78, 5) is 36.4. The molecule has 1 aliphatic rings. The van der Waals surface area contributed by atoms with Gasteiger partial charge in [-0.2, -0.15) is 0 Å². The fourth-order valence-corrected chi connectivity index (χ4v) is 2.63. The van der Waals surface area contributed by atoms with Crippen LogP contribution in [0.5, 0.6) is 5.75 Å². The van der Waals surface area contributed by atoms with Crippen LogP contribution in [0.4, 0.5) is 0 Å². The van der Waals surface area contributed by atoms with Gasteiger partial charge in [-0.05, 0) is 6.07 Å². The van der Waals surface area contributed by atoms with E-state index < -0.39 is 23.7 Å². The van der Waals surface area contributed by atoms with E-state index in [9.17, 15) is 14.4 Å². The van der Waals surface area contributed by atoms with Crippen LogP contribution < -0.4 is 4.74 Å². The first-order chi connectivity index (χ1) is 9.42. The Labute approximate surface area is 115 Å². The van der Waals surface area contributed by atoms with Gasteiger partial charge in [0.05, 0.1) is 18.9 Å². The minimum absolute atomic E-state index is 0.158. The van der Waals surface area contributed by atoms with Crippen molar-refractivity contribution in [3.05, 3.63) is 29.8 Å². The van der Waals surface area contributed by atoms with Crippen molar-refractivity contribution >= 4 is 17.8 Å². The summed E-state index contributed by atoms with van der Waals surface area (Å²) in [5.41, 5.74) is -0.947. The topological polar surface area (TPSA) is 83.9 Å². The highest BCUT2D eigenvalue weighted by Crippen LogP contribution is 2.43. The quantitative estimate of drug-likeness (QED) is 0.823. The first-order valence-corrected chi connectivity index (χ1v) is 6.08. The van der Waals surface area contributed by atoms with Gasteiger partial charge in [0.25, 0.3) is 0 Å². The smallest absolute Gasteiger partial charge is 0.304 e. The molecule has 1 atom stereocenters. The molecule has 2 rings (SSSR count). The van der Waals surface area contributed by atoms with E-state index in [0.717, 1.165) is 4.90 Å². The molecule has 0 aliphatic carbocycles. The fourth-order valence-electron chi connectivity index (χ4n) is 2.63. The van der Waals surface area contributed by atoms with Crippen molar-refractivity contribution in [2.45, 2.75) is 18.3 Å². The van der Waals surface area contributed by atoms with E-state index in [2.05, 4.69) is 0 Å². The Morgan fingerprint density at radius 2 is 2.05 bits per heavy atom. The molecule has 0 aromatic heterocycles. The Balaban J connectivity index is 2.62. The third-order valence-electron chi connectivity index (χ3n) is 3.62. The second-order valence-corrected chi connectivity index (χ2v) is 4.79. The molecule has 1 aromatic carbocycles. The molecule has 1 unspecified atom stereocenters. The number of carboxylic acids is 1. The number of hydrogen-bond acceptors (Lipinski definition) is 4. The number of nitrogens with zero attached hydrogens (tertiary/aromatic N) is 1. The Kier molecular flexibility index (Phi) is 3.48. The van der Waals surface area contributed by atoms with Gasteiger partial charge in [0, 0.05) is 19.0 Å². The van der Waals surface area contributed by atoms with Gasteiger partial charge >= 0.3 is 5.97 Å². The Morgan fingerprint density at radius 3 is 2.55 bits per heavy atom. The summed E-state index contributed by atoms with van der Waals surface area (Å²) in [7, 11) is 2.81. The molecule has 1 saturated heterocycles. The molecule has 1 aliphatic heterocycles. The number of ether oxygens (including phenoxy) is 1. The van der Waals surface area contributed by atoms with E-state index in [1.807, 2.05) is 0 Å². The number of amides is 2. The molecular weight excluding hydrogens is 262 g/mol. The Morgan fingerprint density at radius 1 is 1.40 bits per heavy atom. The number of aliphatic carboxylic acids is 1. The van der Waals surface area contributed by atoms with Crippen LogP contribution >= 0.6 is 0 Å². The first-order valence-electron chi connectivity index (χ1n) is 6.08. The second kappa shape index (κ2) is 4.96. The van der Waals surface area contributed by atoms with Gasteiger partial charge in [-0.3, -0.25) is 19.3 Å². The predicted molar refractivity (Wildman–Crippen MR) is 69.3 cm³/mol. The number of likely N-dealkylation sites (tertiary alicyclic amines) is 1. The molecule has 1 aromatic rings. The highest BCUT2D eigenvalue weighted by Gasteiger charge is 2.53. The first kappa shape index (κ1) is 14.0. The molecule has 1 N–H and O–H groups in total. The molecule has 2 amide bonds. The molecule has 1 fully saturated rings. The molecule has 6 heteroatoms. The van der Waals surface area contributed by atoms with Crippen molar-refractivity contribution in [1.82, 2.24) is 4.90 Å². The Hall–Kier alpha value is -2.37. The zero-order valence-corrected chi connectivity index (χ0v) is 11.3. The lowest BCUT2D eigenvalue weighted by Crippen LogP contribution is -2.38. The van der Waals surface area contributed by atoms with Crippen molar-refractivity contribution in [2.24, 2.45) is 0 Å². The lowest BCUT2D eigenvalue weighted by molar-refractivity contribution is -0.144. The van der Waals surface area contributed by atoms with Gasteiger partial charge in [0.15, 0.2) is 0 Å². The normalized spacial score (nSPS) is 22.2. The molecule has 1 heterocycles. The van der Waals surface area contributed by atoms with E-state index in [1.165, 1.54) is 14.2 Å². The number of benzene rings is 1. The number of carbonyl (C=O) groups excluding carboxylic acids is 2. The number of para-hydroxylation sites is 1. The summed E-state index contributed by atoms with van der Waals surface area (Å²) in [6.45, 7) is 0. The maximum absolute atomic E-state index is 12.4. The van der Waals surface area contributed by atoms with Crippen molar-refractivity contribution in [1.29, 1.82) is 0 Å². The largest absolute Gasteiger partial charge is 0.496 e. The maximum Gasteiger partial charge on any atom is 0.304 e. The number of likely N-dealkylation sites (N-methyl/N-ethyl adjacent to an activating group) is 1. The summed E-state index contributed by atoms with van der Waals surface area (Å²) in [5, 5.41) is 9.13. The minimum atomic E-state index is -1.38. The number of hydrogen-bond donors (Lipinski definition) is 1. The third-order valence-corrected chi connectivity index (χ3v) is 3.62. The van der Waals surface area contributed by atoms with Gasteiger partial charge in [0.2, 0.25) is 11.8 Å². The molecule has 106 valence electrons. The van der Waals surface area contributed by atoms with Crippen LogP contribution in [0.25, 0.3) is 0 Å². The van der Waals surface area contributed by atoms with Crippen molar-refractivity contribution in [3.8, 4) is 5.75 Å². The summed E-state index contributed by atoms with van der Waals surface area (Å²) < 4.78 is 5.21. The summed E-state index contributed by atoms with van der Waals surface area (Å²) in [6, 6.07) is 6.69. The lowest BCUT2D eigenvalue weighted by atomic mass is 9.75. The maximum atomic E-state index is 12.4. The Bertz CT molecular complexity index is 579. The summed E-state index contributed by atoms with van der Waals surface area (Å²) >= 11 is 0. The van der Waals surface area contributed by atoms with Crippen LogP contribution in [0, 0.1) is 0 Å². The van der Waals surface area contributed by atoms with Crippen molar-refractivity contribution < 1.29 is 24.2 Å². The van der Waals surface area contributed by atoms with Crippen LogP contribution in [0.2, 0.25) is 0 Å². The predicted octanol–water partition coefficient (Wildman–Crippen LogP) is 0.796. The molecule has 6 nitrogen and oxygen atoms in total. The lowest BCUT2D eigenvalue weighted by Gasteiger charge is -2.26. The van der Waals surface area contributed by atoms with Gasteiger partial charge < -0.3 is 9.84 Å². The van der Waals surface area contributed by atoms with E-state index in [1.54, 1.807) is 24.3 Å². The van der Waals surface area contributed by atoms with Crippen LogP contribution in [0.3, 0.4) is 0 Å². The standard InChI is InChI=1S/C14H15NO5/c1-15-11(16)7-14(13(15)19,8-12(17)18)9-5-3-4-6-10(9)20-2/h3-6H,7-8H2,1-2H3,(H,17,18). The number of imide groups is 1. The highest BCUT2D eigenvalue weighted by molar-refractivity contribution is 6.10. The molecule has 0 bridgehead atoms. The average Bonchev–Trinajstić information content (AvgIpc) is 2.63. The SMILES string of the molecule is COc1ccccc1C1(CC(=O)O)CC(=O)N(C)C1=O. The van der Waals surface area contributed by atoms with Gasteiger partial charge in [0.1, 0.15) is 5.75 Å². The van der Waals surface area contributed by atoms with Crippen molar-refractivity contribution in [2.75, 3.05) is 14.2 Å². The zero-order chi connectivity index (χ0) is 14.9. The number of methoxy groups -OCH3 is 1. The van der Waals surface area contributed by atoms with E-state index in [4.69, 9.17) is 9.84 Å². The van der Waals surface area contributed by atoms with Gasteiger partial charge in [-0.1, -0.05) is 18.2 Å². The van der Waals surface area contributed by atoms with Crippen LogP contribution in [0.15, 0.2) is 24.3 Å².